The molecule has 0 saturated heterocycles. The molecule has 1 amide bonds. The highest BCUT2D eigenvalue weighted by Crippen LogP contribution is 2.39. The summed E-state index contributed by atoms with van der Waals surface area (Å²) in [6, 6.07) is 18.1. The number of nitrogens with one attached hydrogen (secondary N) is 1. The summed E-state index contributed by atoms with van der Waals surface area (Å²) in [5.41, 5.74) is 2.26. The van der Waals surface area contributed by atoms with Crippen LogP contribution < -0.4 is 5.32 Å². The van der Waals surface area contributed by atoms with E-state index in [0.717, 1.165) is 22.9 Å². The van der Waals surface area contributed by atoms with Crippen LogP contribution in [0.3, 0.4) is 0 Å². The van der Waals surface area contributed by atoms with Gasteiger partial charge in [0, 0.05) is 36.1 Å². The summed E-state index contributed by atoms with van der Waals surface area (Å²) in [6.07, 6.45) is 3.51. The molecule has 0 aromatic heterocycles. The van der Waals surface area contributed by atoms with Crippen LogP contribution in [0.1, 0.15) is 36.8 Å². The number of carbonyl (C=O) groups excluding carboxylic acids is 1. The van der Waals surface area contributed by atoms with Crippen molar-refractivity contribution >= 4 is 21.8 Å². The van der Waals surface area contributed by atoms with Gasteiger partial charge in [0.05, 0.1) is 0 Å². The first kappa shape index (κ1) is 23.5. The molecule has 2 N–H and O–H groups in total. The number of aliphatic hydroxyl groups is 1. The van der Waals surface area contributed by atoms with E-state index in [-0.39, 0.29) is 24.3 Å². The van der Waals surface area contributed by atoms with Crippen LogP contribution in [-0.2, 0) is 20.7 Å². The second kappa shape index (κ2) is 12.0. The normalized spacial score (nSPS) is 20.6. The summed E-state index contributed by atoms with van der Waals surface area (Å²) in [4.78, 5) is 12.9. The van der Waals surface area contributed by atoms with Crippen molar-refractivity contribution in [3.05, 3.63) is 82.0 Å². The van der Waals surface area contributed by atoms with E-state index in [1.54, 1.807) is 0 Å². The van der Waals surface area contributed by atoms with E-state index in [1.165, 1.54) is 5.56 Å². The predicted octanol–water partition coefficient (Wildman–Crippen LogP) is 4.56. The molecule has 0 aliphatic carbocycles. The Morgan fingerprint density at radius 1 is 1.16 bits per heavy atom. The lowest BCUT2D eigenvalue weighted by atomic mass is 9.80. The van der Waals surface area contributed by atoms with Crippen LogP contribution in [0.4, 0.5) is 0 Å². The zero-order valence-electron chi connectivity index (χ0n) is 17.8. The molecule has 166 valence electrons. The summed E-state index contributed by atoms with van der Waals surface area (Å²) in [5, 5.41) is 12.3. The maximum atomic E-state index is 12.9. The molecule has 2 aromatic carbocycles. The number of ether oxygens (including phenoxy) is 2. The van der Waals surface area contributed by atoms with E-state index in [9.17, 15) is 9.90 Å². The molecule has 1 aliphatic heterocycles. The molecular formula is C25H30BrNO4. The van der Waals surface area contributed by atoms with Gasteiger partial charge >= 0.3 is 0 Å². The van der Waals surface area contributed by atoms with Crippen LogP contribution in [0.25, 0.3) is 0 Å². The molecule has 0 radical (unpaired) electrons. The molecule has 0 saturated carbocycles. The molecule has 1 aliphatic rings. The molecule has 31 heavy (non-hydrogen) atoms. The second-order valence-corrected chi connectivity index (χ2v) is 8.49. The SMILES string of the molecule is CCO[C@H]1OC(C(=O)NCCc2ccccc2)=C[C@@H](c2ccc(Br)cc2)[C@H]1CCCO. The van der Waals surface area contributed by atoms with Crippen LogP contribution in [0, 0.1) is 5.92 Å². The highest BCUT2D eigenvalue weighted by Gasteiger charge is 2.37. The van der Waals surface area contributed by atoms with E-state index in [4.69, 9.17) is 9.47 Å². The summed E-state index contributed by atoms with van der Waals surface area (Å²) in [5.74, 6) is 0.0250. The first-order valence-electron chi connectivity index (χ1n) is 10.8. The van der Waals surface area contributed by atoms with Crippen molar-refractivity contribution in [2.24, 2.45) is 5.92 Å². The fourth-order valence-electron chi connectivity index (χ4n) is 3.88. The maximum absolute atomic E-state index is 12.9. The fourth-order valence-corrected chi connectivity index (χ4v) is 4.15. The monoisotopic (exact) mass is 487 g/mol. The van der Waals surface area contributed by atoms with Crippen LogP contribution in [0.5, 0.6) is 0 Å². The van der Waals surface area contributed by atoms with Gasteiger partial charge in [-0.05, 0) is 55.5 Å². The van der Waals surface area contributed by atoms with Crippen LogP contribution in [0.15, 0.2) is 70.9 Å². The molecule has 0 spiro atoms. The van der Waals surface area contributed by atoms with Gasteiger partial charge in [-0.3, -0.25) is 4.79 Å². The lowest BCUT2D eigenvalue weighted by Gasteiger charge is -2.37. The number of hydrogen-bond acceptors (Lipinski definition) is 4. The Labute approximate surface area is 192 Å². The summed E-state index contributed by atoms with van der Waals surface area (Å²) < 4.78 is 12.9. The van der Waals surface area contributed by atoms with Crippen molar-refractivity contribution < 1.29 is 19.4 Å². The smallest absolute Gasteiger partial charge is 0.286 e. The number of carbonyl (C=O) groups is 1. The number of rotatable bonds is 10. The number of allylic oxidation sites excluding steroid dienone is 1. The predicted molar refractivity (Wildman–Crippen MR) is 124 cm³/mol. The average molecular weight is 488 g/mol. The molecular weight excluding hydrogens is 458 g/mol. The zero-order chi connectivity index (χ0) is 22.1. The topological polar surface area (TPSA) is 67.8 Å². The molecule has 2 aromatic rings. The molecule has 5 nitrogen and oxygen atoms in total. The molecule has 6 heteroatoms. The van der Waals surface area contributed by atoms with Crippen LogP contribution in [-0.4, -0.2) is 37.1 Å². The first-order chi connectivity index (χ1) is 15.1. The van der Waals surface area contributed by atoms with E-state index < -0.39 is 6.29 Å². The molecule has 0 fully saturated rings. The largest absolute Gasteiger partial charge is 0.459 e. The Morgan fingerprint density at radius 2 is 1.90 bits per heavy atom. The van der Waals surface area contributed by atoms with Crippen molar-refractivity contribution in [2.75, 3.05) is 19.8 Å². The average Bonchev–Trinajstić information content (AvgIpc) is 2.79. The van der Waals surface area contributed by atoms with Gasteiger partial charge in [-0.25, -0.2) is 0 Å². The van der Waals surface area contributed by atoms with E-state index in [0.29, 0.717) is 25.3 Å². The van der Waals surface area contributed by atoms with Gasteiger partial charge in [0.15, 0.2) is 5.76 Å². The quantitative estimate of drug-likeness (QED) is 0.515. The lowest BCUT2D eigenvalue weighted by Crippen LogP contribution is -2.39. The third kappa shape index (κ3) is 6.66. The van der Waals surface area contributed by atoms with Crippen LogP contribution in [0.2, 0.25) is 0 Å². The minimum Gasteiger partial charge on any atom is -0.459 e. The van der Waals surface area contributed by atoms with E-state index >= 15 is 0 Å². The van der Waals surface area contributed by atoms with Gasteiger partial charge in [-0.2, -0.15) is 0 Å². The van der Waals surface area contributed by atoms with Gasteiger partial charge in [-0.15, -0.1) is 0 Å². The Kier molecular flexibility index (Phi) is 9.13. The minimum absolute atomic E-state index is 0.00847. The standard InChI is InChI=1S/C25H30BrNO4/c1-2-30-25-21(9-6-16-28)22(19-10-12-20(26)13-11-19)17-23(31-25)24(29)27-15-14-18-7-4-3-5-8-18/h3-5,7-8,10-13,17,21-22,25,28H,2,6,9,14-16H2,1H3,(H,27,29)/t21-,22+,25+/m1/s1. The summed E-state index contributed by atoms with van der Waals surface area (Å²) in [6.45, 7) is 3.04. The number of halogens is 1. The summed E-state index contributed by atoms with van der Waals surface area (Å²) in [7, 11) is 0. The fraction of sp³-hybridized carbons (Fsp3) is 0.400. The lowest BCUT2D eigenvalue weighted by molar-refractivity contribution is -0.166. The molecule has 1 heterocycles. The number of hydrogen-bond donors (Lipinski definition) is 2. The molecule has 3 atom stereocenters. The van der Waals surface area contributed by atoms with Crippen molar-refractivity contribution in [2.45, 2.75) is 38.4 Å². The first-order valence-corrected chi connectivity index (χ1v) is 11.6. The van der Waals surface area contributed by atoms with Gasteiger partial charge in [0.1, 0.15) is 0 Å². The third-order valence-corrected chi connectivity index (χ3v) is 5.96. The summed E-state index contributed by atoms with van der Waals surface area (Å²) >= 11 is 3.48. The Balaban J connectivity index is 1.78. The molecule has 3 rings (SSSR count). The van der Waals surface area contributed by atoms with Crippen molar-refractivity contribution in [3.8, 4) is 0 Å². The van der Waals surface area contributed by atoms with Crippen molar-refractivity contribution in [3.63, 3.8) is 0 Å². The zero-order valence-corrected chi connectivity index (χ0v) is 19.4. The molecule has 0 unspecified atom stereocenters. The Bertz CT molecular complexity index is 854. The van der Waals surface area contributed by atoms with Gasteiger partial charge in [-0.1, -0.05) is 58.4 Å². The van der Waals surface area contributed by atoms with E-state index in [2.05, 4.69) is 33.4 Å². The highest BCUT2D eigenvalue weighted by molar-refractivity contribution is 9.10. The second-order valence-electron chi connectivity index (χ2n) is 7.57. The Hall–Kier alpha value is -2.15. The minimum atomic E-state index is -0.537. The number of benzene rings is 2. The van der Waals surface area contributed by atoms with Gasteiger partial charge in [0.2, 0.25) is 6.29 Å². The van der Waals surface area contributed by atoms with Gasteiger partial charge in [0.25, 0.3) is 5.91 Å². The van der Waals surface area contributed by atoms with Crippen LogP contribution >= 0.6 is 15.9 Å². The van der Waals surface area contributed by atoms with E-state index in [1.807, 2.05) is 55.5 Å². The number of amides is 1. The Morgan fingerprint density at radius 3 is 2.58 bits per heavy atom. The molecule has 0 bridgehead atoms. The van der Waals surface area contributed by atoms with Crippen molar-refractivity contribution in [1.29, 1.82) is 0 Å². The third-order valence-electron chi connectivity index (χ3n) is 5.43. The highest BCUT2D eigenvalue weighted by atomic mass is 79.9. The van der Waals surface area contributed by atoms with Crippen molar-refractivity contribution in [1.82, 2.24) is 5.32 Å². The number of aliphatic hydroxyl groups excluding tert-OH is 1. The maximum Gasteiger partial charge on any atom is 0.286 e. The van der Waals surface area contributed by atoms with Gasteiger partial charge < -0.3 is 19.9 Å².